The van der Waals surface area contributed by atoms with E-state index in [0.29, 0.717) is 31.4 Å². The van der Waals surface area contributed by atoms with Gasteiger partial charge in [-0.2, -0.15) is 0 Å². The van der Waals surface area contributed by atoms with Gasteiger partial charge < -0.3 is 5.32 Å². The number of sulfone groups is 1. The Hall–Kier alpha value is -1.47. The van der Waals surface area contributed by atoms with Crippen LogP contribution in [-0.2, 0) is 16.3 Å². The Balaban J connectivity index is 1.84. The Bertz CT molecular complexity index is 572. The average Bonchev–Trinajstić information content (AvgIpc) is 2.41. The van der Waals surface area contributed by atoms with E-state index >= 15 is 0 Å². The van der Waals surface area contributed by atoms with Gasteiger partial charge in [0.05, 0.1) is 16.4 Å². The van der Waals surface area contributed by atoms with Crippen LogP contribution in [0.3, 0.4) is 0 Å². The summed E-state index contributed by atoms with van der Waals surface area (Å²) in [7, 11) is -2.84. The Morgan fingerprint density at radius 3 is 2.55 bits per heavy atom. The van der Waals surface area contributed by atoms with Crippen molar-refractivity contribution in [2.45, 2.75) is 25.3 Å². The Labute approximate surface area is 118 Å². The second-order valence-corrected chi connectivity index (χ2v) is 7.32. The van der Waals surface area contributed by atoms with E-state index in [4.69, 9.17) is 0 Å². The Morgan fingerprint density at radius 2 is 1.90 bits per heavy atom. The van der Waals surface area contributed by atoms with Gasteiger partial charge in [-0.1, -0.05) is 18.2 Å². The van der Waals surface area contributed by atoms with Crippen molar-refractivity contribution < 1.29 is 13.3 Å². The molecule has 1 fully saturated rings. The predicted octanol–water partition coefficient (Wildman–Crippen LogP) is 1.30. The van der Waals surface area contributed by atoms with E-state index in [-0.39, 0.29) is 28.2 Å². The lowest BCUT2D eigenvalue weighted by Gasteiger charge is -2.23. The largest absolute Gasteiger partial charge is 0.314 e. The van der Waals surface area contributed by atoms with E-state index in [1.54, 1.807) is 18.2 Å². The Morgan fingerprint density at radius 1 is 1.25 bits per heavy atom. The van der Waals surface area contributed by atoms with Crippen LogP contribution in [0.25, 0.3) is 0 Å². The second kappa shape index (κ2) is 6.32. The molecule has 0 atom stereocenters. The topological polar surface area (TPSA) is 89.3 Å². The van der Waals surface area contributed by atoms with Gasteiger partial charge in [-0.15, -0.1) is 0 Å². The average molecular weight is 298 g/mol. The third-order valence-electron chi connectivity index (χ3n) is 3.57. The van der Waals surface area contributed by atoms with Crippen molar-refractivity contribution in [3.8, 4) is 0 Å². The molecule has 0 saturated carbocycles. The maximum absolute atomic E-state index is 11.3. The van der Waals surface area contributed by atoms with Crippen molar-refractivity contribution in [3.63, 3.8) is 0 Å². The molecule has 20 heavy (non-hydrogen) atoms. The van der Waals surface area contributed by atoms with Gasteiger partial charge in [-0.25, -0.2) is 8.42 Å². The first-order chi connectivity index (χ1) is 9.48. The summed E-state index contributed by atoms with van der Waals surface area (Å²) in [4.78, 5) is 10.5. The Kier molecular flexibility index (Phi) is 4.72. The van der Waals surface area contributed by atoms with Crippen molar-refractivity contribution in [1.82, 2.24) is 5.32 Å². The van der Waals surface area contributed by atoms with Gasteiger partial charge in [0, 0.05) is 17.7 Å². The molecule has 6 nitrogen and oxygen atoms in total. The molecule has 1 aliphatic rings. The SMILES string of the molecule is O=[N+]([O-])c1ccccc1CCNC1CCS(=O)(=O)CC1. The van der Waals surface area contributed by atoms with Crippen LogP contribution in [0.1, 0.15) is 18.4 Å². The maximum Gasteiger partial charge on any atom is 0.272 e. The van der Waals surface area contributed by atoms with Crippen LogP contribution in [0.15, 0.2) is 24.3 Å². The molecule has 0 aromatic heterocycles. The molecule has 1 saturated heterocycles. The lowest BCUT2D eigenvalue weighted by Crippen LogP contribution is -2.38. The molecule has 7 heteroatoms. The van der Waals surface area contributed by atoms with Crippen LogP contribution < -0.4 is 5.32 Å². The van der Waals surface area contributed by atoms with Crippen LogP contribution >= 0.6 is 0 Å². The summed E-state index contributed by atoms with van der Waals surface area (Å²) in [6, 6.07) is 6.89. The fraction of sp³-hybridized carbons (Fsp3) is 0.538. The lowest BCUT2D eigenvalue weighted by atomic mass is 10.1. The van der Waals surface area contributed by atoms with E-state index < -0.39 is 9.84 Å². The number of hydrogen-bond acceptors (Lipinski definition) is 5. The molecule has 1 aromatic rings. The highest BCUT2D eigenvalue weighted by Crippen LogP contribution is 2.18. The number of hydrogen-bond donors (Lipinski definition) is 1. The molecule has 0 amide bonds. The van der Waals surface area contributed by atoms with Crippen molar-refractivity contribution >= 4 is 15.5 Å². The predicted molar refractivity (Wildman–Crippen MR) is 76.5 cm³/mol. The minimum Gasteiger partial charge on any atom is -0.314 e. The standard InChI is InChI=1S/C13H18N2O4S/c16-15(17)13-4-2-1-3-11(13)5-8-14-12-6-9-20(18,19)10-7-12/h1-4,12,14H,5-10H2. The van der Waals surface area contributed by atoms with Crippen LogP contribution in [0.4, 0.5) is 5.69 Å². The zero-order valence-electron chi connectivity index (χ0n) is 11.1. The quantitative estimate of drug-likeness (QED) is 0.654. The van der Waals surface area contributed by atoms with Gasteiger partial charge in [-0.3, -0.25) is 10.1 Å². The molecule has 0 bridgehead atoms. The summed E-state index contributed by atoms with van der Waals surface area (Å²) >= 11 is 0. The fourth-order valence-electron chi connectivity index (χ4n) is 2.41. The lowest BCUT2D eigenvalue weighted by molar-refractivity contribution is -0.385. The number of nitro benzene ring substituents is 1. The zero-order valence-corrected chi connectivity index (χ0v) is 11.9. The van der Waals surface area contributed by atoms with Crippen LogP contribution in [0.5, 0.6) is 0 Å². The summed E-state index contributed by atoms with van der Waals surface area (Å²) in [5, 5.41) is 14.2. The first-order valence-corrected chi connectivity index (χ1v) is 8.46. The minimum atomic E-state index is -2.84. The molecule has 110 valence electrons. The van der Waals surface area contributed by atoms with Crippen LogP contribution in [-0.4, -0.2) is 37.4 Å². The van der Waals surface area contributed by atoms with Crippen LogP contribution in [0.2, 0.25) is 0 Å². The maximum atomic E-state index is 11.3. The van der Waals surface area contributed by atoms with Gasteiger partial charge in [0.25, 0.3) is 5.69 Å². The molecular formula is C13H18N2O4S. The van der Waals surface area contributed by atoms with Gasteiger partial charge in [-0.05, 0) is 25.8 Å². The van der Waals surface area contributed by atoms with E-state index in [2.05, 4.69) is 5.32 Å². The summed E-state index contributed by atoms with van der Waals surface area (Å²) in [5.74, 6) is 0.465. The monoisotopic (exact) mass is 298 g/mol. The van der Waals surface area contributed by atoms with Gasteiger partial charge in [0.1, 0.15) is 9.84 Å². The number of nitrogens with one attached hydrogen (secondary N) is 1. The molecule has 0 aliphatic carbocycles. The molecule has 0 unspecified atom stereocenters. The van der Waals surface area contributed by atoms with E-state index in [0.717, 1.165) is 0 Å². The van der Waals surface area contributed by atoms with Crippen molar-refractivity contribution in [1.29, 1.82) is 0 Å². The molecule has 1 heterocycles. The summed E-state index contributed by atoms with van der Waals surface area (Å²) < 4.78 is 22.6. The molecule has 1 N–H and O–H groups in total. The van der Waals surface area contributed by atoms with Crippen LogP contribution in [0, 0.1) is 10.1 Å². The van der Waals surface area contributed by atoms with E-state index in [1.165, 1.54) is 6.07 Å². The third-order valence-corrected chi connectivity index (χ3v) is 5.29. The summed E-state index contributed by atoms with van der Waals surface area (Å²) in [5.41, 5.74) is 0.842. The number of nitro groups is 1. The smallest absolute Gasteiger partial charge is 0.272 e. The van der Waals surface area contributed by atoms with Gasteiger partial charge in [0.2, 0.25) is 0 Å². The molecule has 0 radical (unpaired) electrons. The number of benzene rings is 1. The molecular weight excluding hydrogens is 280 g/mol. The molecule has 2 rings (SSSR count). The van der Waals surface area contributed by atoms with E-state index in [1.807, 2.05) is 0 Å². The van der Waals surface area contributed by atoms with Gasteiger partial charge >= 0.3 is 0 Å². The number of para-hydroxylation sites is 1. The highest BCUT2D eigenvalue weighted by Gasteiger charge is 2.23. The third kappa shape index (κ3) is 4.01. The van der Waals surface area contributed by atoms with Crippen molar-refractivity contribution in [2.75, 3.05) is 18.1 Å². The number of rotatable bonds is 5. The second-order valence-electron chi connectivity index (χ2n) is 5.02. The summed E-state index contributed by atoms with van der Waals surface area (Å²) in [6.45, 7) is 0.621. The van der Waals surface area contributed by atoms with Gasteiger partial charge in [0.15, 0.2) is 0 Å². The number of nitrogens with zero attached hydrogens (tertiary/aromatic N) is 1. The first kappa shape index (κ1) is 14.9. The first-order valence-electron chi connectivity index (χ1n) is 6.64. The van der Waals surface area contributed by atoms with E-state index in [9.17, 15) is 18.5 Å². The van der Waals surface area contributed by atoms with Crippen molar-refractivity contribution in [3.05, 3.63) is 39.9 Å². The fourth-order valence-corrected chi connectivity index (χ4v) is 3.90. The van der Waals surface area contributed by atoms with Crippen molar-refractivity contribution in [2.24, 2.45) is 0 Å². The zero-order chi connectivity index (χ0) is 14.6. The molecule has 1 aliphatic heterocycles. The minimum absolute atomic E-state index is 0.139. The highest BCUT2D eigenvalue weighted by atomic mass is 32.2. The summed E-state index contributed by atoms with van der Waals surface area (Å²) in [6.07, 6.45) is 1.82. The molecule has 0 spiro atoms. The molecule has 1 aromatic carbocycles. The highest BCUT2D eigenvalue weighted by molar-refractivity contribution is 7.91. The normalized spacial score (nSPS) is 18.8.